The molecule has 3 unspecified atom stereocenters. The van der Waals surface area contributed by atoms with E-state index in [9.17, 15) is 0 Å². The second kappa shape index (κ2) is 2.49. The molecule has 12 heavy (non-hydrogen) atoms. The van der Waals surface area contributed by atoms with Crippen molar-refractivity contribution >= 4 is 0 Å². The summed E-state index contributed by atoms with van der Waals surface area (Å²) in [6.07, 6.45) is 4.59. The van der Waals surface area contributed by atoms with E-state index in [1.165, 1.54) is 12.8 Å². The van der Waals surface area contributed by atoms with Crippen molar-refractivity contribution in [3.8, 4) is 0 Å². The van der Waals surface area contributed by atoms with Crippen molar-refractivity contribution < 1.29 is 0 Å². The molecule has 0 saturated heterocycles. The number of hydrogen-bond acceptors (Lipinski definition) is 0. The lowest BCUT2D eigenvalue weighted by Crippen LogP contribution is -2.09. The lowest BCUT2D eigenvalue weighted by Gasteiger charge is -2.16. The Bertz CT molecular complexity index is 180. The van der Waals surface area contributed by atoms with Crippen LogP contribution in [0.25, 0.3) is 0 Å². The molecule has 0 amide bonds. The molecule has 0 nitrogen and oxygen atoms in total. The Morgan fingerprint density at radius 2 is 1.83 bits per heavy atom. The van der Waals surface area contributed by atoms with Gasteiger partial charge in [-0.3, -0.25) is 0 Å². The molecule has 70 valence electrons. The molecule has 2 aliphatic rings. The van der Waals surface area contributed by atoms with Crippen LogP contribution in [0.5, 0.6) is 0 Å². The Labute approximate surface area is 76.7 Å². The first-order valence-corrected chi connectivity index (χ1v) is 5.58. The highest BCUT2D eigenvalue weighted by Crippen LogP contribution is 2.70. The molecule has 2 fully saturated rings. The molecule has 2 saturated carbocycles. The van der Waals surface area contributed by atoms with E-state index in [1.807, 2.05) is 0 Å². The standard InChI is InChI=1S/C12H22/c1-8(2)10-5-6-12(9(3)4)7-11(10)12/h8-11H,5-7H2,1-4H3. The third-order valence-electron chi connectivity index (χ3n) is 4.64. The highest BCUT2D eigenvalue weighted by Gasteiger charge is 2.62. The zero-order valence-corrected chi connectivity index (χ0v) is 8.93. The van der Waals surface area contributed by atoms with Crippen molar-refractivity contribution in [1.29, 1.82) is 0 Å². The van der Waals surface area contributed by atoms with Crippen LogP contribution in [0.2, 0.25) is 0 Å². The summed E-state index contributed by atoms with van der Waals surface area (Å²) in [7, 11) is 0. The van der Waals surface area contributed by atoms with Gasteiger partial charge in [0.05, 0.1) is 0 Å². The first-order chi connectivity index (χ1) is 5.58. The lowest BCUT2D eigenvalue weighted by atomic mass is 9.89. The summed E-state index contributed by atoms with van der Waals surface area (Å²) in [6, 6.07) is 0. The van der Waals surface area contributed by atoms with E-state index in [1.54, 1.807) is 6.42 Å². The average molecular weight is 166 g/mol. The molecule has 0 aromatic rings. The van der Waals surface area contributed by atoms with E-state index in [-0.39, 0.29) is 0 Å². The highest BCUT2D eigenvalue weighted by atomic mass is 14.7. The quantitative estimate of drug-likeness (QED) is 0.586. The molecular weight excluding hydrogens is 144 g/mol. The molecule has 0 N–H and O–H groups in total. The third-order valence-corrected chi connectivity index (χ3v) is 4.64. The van der Waals surface area contributed by atoms with Crippen LogP contribution in [-0.4, -0.2) is 0 Å². The van der Waals surface area contributed by atoms with Gasteiger partial charge < -0.3 is 0 Å². The summed E-state index contributed by atoms with van der Waals surface area (Å²) in [5.41, 5.74) is 0.814. The van der Waals surface area contributed by atoms with Crippen molar-refractivity contribution in [3.63, 3.8) is 0 Å². The van der Waals surface area contributed by atoms with Crippen LogP contribution in [-0.2, 0) is 0 Å². The van der Waals surface area contributed by atoms with Gasteiger partial charge in [-0.1, -0.05) is 27.7 Å². The van der Waals surface area contributed by atoms with Gasteiger partial charge >= 0.3 is 0 Å². The van der Waals surface area contributed by atoms with Gasteiger partial charge in [0, 0.05) is 0 Å². The van der Waals surface area contributed by atoms with Crippen LogP contribution in [0.15, 0.2) is 0 Å². The maximum Gasteiger partial charge on any atom is -0.0240 e. The number of hydrogen-bond donors (Lipinski definition) is 0. The Balaban J connectivity index is 2.05. The number of fused-ring (bicyclic) bond motifs is 1. The fraction of sp³-hybridized carbons (Fsp3) is 1.00. The van der Waals surface area contributed by atoms with Gasteiger partial charge in [-0.05, 0) is 48.3 Å². The maximum absolute atomic E-state index is 2.42. The molecule has 0 spiro atoms. The Hall–Kier alpha value is 0. The molecular formula is C12H22. The van der Waals surface area contributed by atoms with Gasteiger partial charge in [-0.2, -0.15) is 0 Å². The minimum absolute atomic E-state index is 0.814. The van der Waals surface area contributed by atoms with Gasteiger partial charge in [0.25, 0.3) is 0 Å². The first-order valence-electron chi connectivity index (χ1n) is 5.58. The highest BCUT2D eigenvalue weighted by molar-refractivity contribution is 5.11. The molecule has 0 aromatic heterocycles. The molecule has 0 aromatic carbocycles. The van der Waals surface area contributed by atoms with Gasteiger partial charge in [0.15, 0.2) is 0 Å². The SMILES string of the molecule is CC(C)C1CCC2(C(C)C)CC12. The van der Waals surface area contributed by atoms with Crippen LogP contribution >= 0.6 is 0 Å². The molecule has 0 heteroatoms. The van der Waals surface area contributed by atoms with Gasteiger partial charge in [-0.25, -0.2) is 0 Å². The predicted octanol–water partition coefficient (Wildman–Crippen LogP) is 3.71. The summed E-state index contributed by atoms with van der Waals surface area (Å²) in [6.45, 7) is 9.64. The van der Waals surface area contributed by atoms with E-state index in [0.717, 1.165) is 29.1 Å². The Morgan fingerprint density at radius 1 is 1.17 bits per heavy atom. The van der Waals surface area contributed by atoms with Gasteiger partial charge in [-0.15, -0.1) is 0 Å². The topological polar surface area (TPSA) is 0 Å². The fourth-order valence-electron chi connectivity index (χ4n) is 3.60. The zero-order valence-electron chi connectivity index (χ0n) is 8.93. The summed E-state index contributed by atoms with van der Waals surface area (Å²) in [5.74, 6) is 4.04. The second-order valence-corrected chi connectivity index (χ2v) is 5.65. The zero-order chi connectivity index (χ0) is 8.93. The van der Waals surface area contributed by atoms with Crippen molar-refractivity contribution in [3.05, 3.63) is 0 Å². The van der Waals surface area contributed by atoms with Crippen LogP contribution in [0.1, 0.15) is 47.0 Å². The van der Waals surface area contributed by atoms with Crippen molar-refractivity contribution in [1.82, 2.24) is 0 Å². The van der Waals surface area contributed by atoms with Crippen molar-refractivity contribution in [2.75, 3.05) is 0 Å². The van der Waals surface area contributed by atoms with E-state index in [2.05, 4.69) is 27.7 Å². The smallest absolute Gasteiger partial charge is 0.0240 e. The van der Waals surface area contributed by atoms with Crippen LogP contribution < -0.4 is 0 Å². The largest absolute Gasteiger partial charge is 0.0625 e. The summed E-state index contributed by atoms with van der Waals surface area (Å²) in [4.78, 5) is 0. The van der Waals surface area contributed by atoms with E-state index < -0.39 is 0 Å². The fourth-order valence-corrected chi connectivity index (χ4v) is 3.60. The van der Waals surface area contributed by atoms with Crippen molar-refractivity contribution in [2.45, 2.75) is 47.0 Å². The third kappa shape index (κ3) is 0.963. The predicted molar refractivity (Wildman–Crippen MR) is 52.9 cm³/mol. The number of rotatable bonds is 2. The lowest BCUT2D eigenvalue weighted by molar-refractivity contribution is 0.327. The maximum atomic E-state index is 2.42. The molecule has 3 atom stereocenters. The molecule has 0 radical (unpaired) electrons. The molecule has 2 rings (SSSR count). The molecule has 0 bridgehead atoms. The van der Waals surface area contributed by atoms with Gasteiger partial charge in [0.1, 0.15) is 0 Å². The van der Waals surface area contributed by atoms with E-state index >= 15 is 0 Å². The molecule has 2 aliphatic carbocycles. The minimum Gasteiger partial charge on any atom is -0.0625 e. The molecule has 0 aliphatic heterocycles. The second-order valence-electron chi connectivity index (χ2n) is 5.65. The minimum atomic E-state index is 0.814. The van der Waals surface area contributed by atoms with Crippen LogP contribution in [0.4, 0.5) is 0 Å². The van der Waals surface area contributed by atoms with Crippen LogP contribution in [0.3, 0.4) is 0 Å². The van der Waals surface area contributed by atoms with Crippen molar-refractivity contribution in [2.24, 2.45) is 29.1 Å². The van der Waals surface area contributed by atoms with Gasteiger partial charge in [0.2, 0.25) is 0 Å². The molecule has 0 heterocycles. The van der Waals surface area contributed by atoms with Crippen LogP contribution in [0, 0.1) is 29.1 Å². The summed E-state index contributed by atoms with van der Waals surface area (Å²) >= 11 is 0. The summed E-state index contributed by atoms with van der Waals surface area (Å²) in [5, 5.41) is 0. The monoisotopic (exact) mass is 166 g/mol. The van der Waals surface area contributed by atoms with E-state index in [0.29, 0.717) is 0 Å². The van der Waals surface area contributed by atoms with E-state index in [4.69, 9.17) is 0 Å². The Morgan fingerprint density at radius 3 is 2.08 bits per heavy atom. The first kappa shape index (κ1) is 8.59. The normalized spacial score (nSPS) is 45.5. The summed E-state index contributed by atoms with van der Waals surface area (Å²) < 4.78 is 0. The Kier molecular flexibility index (Phi) is 1.79. The average Bonchev–Trinajstić information content (AvgIpc) is 2.58.